The average molecular weight is 341 g/mol. The summed E-state index contributed by atoms with van der Waals surface area (Å²) in [5, 5.41) is 0. The zero-order valence-electron chi connectivity index (χ0n) is 10.1. The molecule has 1 aromatic carbocycles. The number of Topliss-reactive ketones (excluding diaryl/α,β-unsaturated/α-hetero) is 1. The molecule has 0 bridgehead atoms. The Morgan fingerprint density at radius 1 is 1.37 bits per heavy atom. The first-order valence-electron chi connectivity index (χ1n) is 5.34. The number of rotatable bonds is 6. The predicted molar refractivity (Wildman–Crippen MR) is 66.5 cm³/mol. The highest BCUT2D eigenvalue weighted by atomic mass is 79.9. The van der Waals surface area contributed by atoms with Crippen LogP contribution in [0.4, 0.5) is 13.2 Å². The summed E-state index contributed by atoms with van der Waals surface area (Å²) in [7, 11) is 1.42. The third-order valence-corrected chi connectivity index (χ3v) is 2.69. The maximum atomic E-state index is 11.8. The molecule has 0 aliphatic rings. The molecule has 3 nitrogen and oxygen atoms in total. The maximum absolute atomic E-state index is 11.8. The van der Waals surface area contributed by atoms with Gasteiger partial charge in [-0.25, -0.2) is 0 Å². The van der Waals surface area contributed by atoms with Crippen molar-refractivity contribution in [2.24, 2.45) is 0 Å². The van der Waals surface area contributed by atoms with Gasteiger partial charge in [0.15, 0.2) is 5.78 Å². The zero-order valence-corrected chi connectivity index (χ0v) is 11.7. The van der Waals surface area contributed by atoms with E-state index in [2.05, 4.69) is 20.7 Å². The number of carbonyl (C=O) groups is 1. The monoisotopic (exact) mass is 340 g/mol. The maximum Gasteiger partial charge on any atom is 0.411 e. The lowest BCUT2D eigenvalue weighted by atomic mass is 10.1. The van der Waals surface area contributed by atoms with E-state index in [1.54, 1.807) is 18.2 Å². The molecule has 1 rings (SSSR count). The topological polar surface area (TPSA) is 35.5 Å². The number of alkyl halides is 3. The molecule has 0 amide bonds. The van der Waals surface area contributed by atoms with Crippen LogP contribution >= 0.6 is 15.9 Å². The van der Waals surface area contributed by atoms with Gasteiger partial charge >= 0.3 is 6.18 Å². The Morgan fingerprint density at radius 3 is 2.63 bits per heavy atom. The fraction of sp³-hybridized carbons (Fsp3) is 0.417. The lowest BCUT2D eigenvalue weighted by Crippen LogP contribution is -2.18. The van der Waals surface area contributed by atoms with Crippen molar-refractivity contribution in [3.8, 4) is 5.75 Å². The molecule has 7 heteroatoms. The molecule has 0 aliphatic heterocycles. The average Bonchev–Trinajstić information content (AvgIpc) is 2.33. The molecule has 19 heavy (non-hydrogen) atoms. The quantitative estimate of drug-likeness (QED) is 0.586. The molecule has 0 aliphatic carbocycles. The molecule has 0 spiro atoms. The number of ether oxygens (including phenoxy) is 2. The standard InChI is InChI=1S/C12H12BrF3O3/c1-18-11-3-2-8(13)6-9(11)10(17)4-5-19-7-12(14,15)16/h2-3,6H,4-5,7H2,1H3. The second-order valence-corrected chi connectivity index (χ2v) is 4.60. The molecular weight excluding hydrogens is 329 g/mol. The molecule has 0 aromatic heterocycles. The molecule has 0 radical (unpaired) electrons. The minimum absolute atomic E-state index is 0.136. The molecule has 106 valence electrons. The van der Waals surface area contributed by atoms with E-state index in [0.717, 1.165) is 0 Å². The van der Waals surface area contributed by atoms with Crippen molar-refractivity contribution < 1.29 is 27.4 Å². The second-order valence-electron chi connectivity index (χ2n) is 3.69. The summed E-state index contributed by atoms with van der Waals surface area (Å²) in [6, 6.07) is 4.87. The normalized spacial score (nSPS) is 11.4. The van der Waals surface area contributed by atoms with E-state index < -0.39 is 12.8 Å². The Balaban J connectivity index is 2.56. The van der Waals surface area contributed by atoms with Crippen molar-refractivity contribution in [2.45, 2.75) is 12.6 Å². The second kappa shape index (κ2) is 6.91. The molecule has 0 unspecified atom stereocenters. The van der Waals surface area contributed by atoms with E-state index in [1.807, 2.05) is 0 Å². The van der Waals surface area contributed by atoms with Crippen LogP contribution in [-0.2, 0) is 4.74 Å². The van der Waals surface area contributed by atoms with Gasteiger partial charge in [-0.3, -0.25) is 4.79 Å². The summed E-state index contributed by atoms with van der Waals surface area (Å²) >= 11 is 3.21. The van der Waals surface area contributed by atoms with Crippen molar-refractivity contribution >= 4 is 21.7 Å². The van der Waals surface area contributed by atoms with Gasteiger partial charge in [-0.15, -0.1) is 0 Å². The van der Waals surface area contributed by atoms with Crippen LogP contribution in [0.5, 0.6) is 5.75 Å². The van der Waals surface area contributed by atoms with Crippen LogP contribution in [0.3, 0.4) is 0 Å². The summed E-state index contributed by atoms with van der Waals surface area (Å²) in [6.45, 7) is -1.64. The smallest absolute Gasteiger partial charge is 0.411 e. The number of hydrogen-bond acceptors (Lipinski definition) is 3. The van der Waals surface area contributed by atoms with Gasteiger partial charge < -0.3 is 9.47 Å². The largest absolute Gasteiger partial charge is 0.496 e. The van der Waals surface area contributed by atoms with E-state index in [1.165, 1.54) is 7.11 Å². The van der Waals surface area contributed by atoms with Gasteiger partial charge in [-0.1, -0.05) is 15.9 Å². The highest BCUT2D eigenvalue weighted by Gasteiger charge is 2.27. The number of benzene rings is 1. The fourth-order valence-corrected chi connectivity index (χ4v) is 1.75. The summed E-state index contributed by atoms with van der Waals surface area (Å²) in [5.74, 6) is 0.0457. The number of halogens is 4. The van der Waals surface area contributed by atoms with Gasteiger partial charge in [0, 0.05) is 10.9 Å². The van der Waals surface area contributed by atoms with E-state index in [0.29, 0.717) is 15.8 Å². The van der Waals surface area contributed by atoms with Crippen LogP contribution < -0.4 is 4.74 Å². The molecule has 0 saturated carbocycles. The Morgan fingerprint density at radius 2 is 2.05 bits per heavy atom. The molecule has 1 aromatic rings. The zero-order chi connectivity index (χ0) is 14.5. The Bertz CT molecular complexity index is 446. The van der Waals surface area contributed by atoms with Crippen molar-refractivity contribution in [1.82, 2.24) is 0 Å². The van der Waals surface area contributed by atoms with Gasteiger partial charge in [0.25, 0.3) is 0 Å². The third kappa shape index (κ3) is 5.61. The molecule has 0 N–H and O–H groups in total. The fourth-order valence-electron chi connectivity index (χ4n) is 1.39. The van der Waals surface area contributed by atoms with Crippen LogP contribution in [0.2, 0.25) is 0 Å². The number of carbonyl (C=O) groups excluding carboxylic acids is 1. The van der Waals surface area contributed by atoms with Gasteiger partial charge in [0.05, 0.1) is 19.3 Å². The lowest BCUT2D eigenvalue weighted by Gasteiger charge is -2.09. The summed E-state index contributed by atoms with van der Waals surface area (Å²) < 4.78 is 45.6. The van der Waals surface area contributed by atoms with Crippen molar-refractivity contribution in [3.05, 3.63) is 28.2 Å². The van der Waals surface area contributed by atoms with Gasteiger partial charge in [0.2, 0.25) is 0 Å². The predicted octanol–water partition coefficient (Wildman–Crippen LogP) is 3.61. The molecule has 0 heterocycles. The Kier molecular flexibility index (Phi) is 5.81. The molecule has 0 fully saturated rings. The van der Waals surface area contributed by atoms with Crippen LogP contribution in [0.15, 0.2) is 22.7 Å². The van der Waals surface area contributed by atoms with Crippen LogP contribution in [-0.4, -0.2) is 32.3 Å². The van der Waals surface area contributed by atoms with Gasteiger partial charge in [-0.2, -0.15) is 13.2 Å². The first kappa shape index (κ1) is 16.0. The first-order chi connectivity index (χ1) is 8.83. The first-order valence-corrected chi connectivity index (χ1v) is 6.14. The Labute approximate surface area is 116 Å². The van der Waals surface area contributed by atoms with Crippen molar-refractivity contribution in [3.63, 3.8) is 0 Å². The molecule has 0 saturated heterocycles. The Hall–Kier alpha value is -1.08. The highest BCUT2D eigenvalue weighted by molar-refractivity contribution is 9.10. The summed E-state index contributed by atoms with van der Waals surface area (Å²) in [5.41, 5.74) is 0.312. The molecular formula is C12H12BrF3O3. The summed E-state index contributed by atoms with van der Waals surface area (Å²) in [4.78, 5) is 11.8. The number of ketones is 1. The van der Waals surface area contributed by atoms with Crippen LogP contribution in [0.1, 0.15) is 16.8 Å². The van der Waals surface area contributed by atoms with E-state index in [-0.39, 0.29) is 18.8 Å². The number of methoxy groups -OCH3 is 1. The van der Waals surface area contributed by atoms with Gasteiger partial charge in [-0.05, 0) is 18.2 Å². The SMILES string of the molecule is COc1ccc(Br)cc1C(=O)CCOCC(F)(F)F. The van der Waals surface area contributed by atoms with E-state index >= 15 is 0 Å². The van der Waals surface area contributed by atoms with Crippen LogP contribution in [0.25, 0.3) is 0 Å². The minimum atomic E-state index is -4.38. The van der Waals surface area contributed by atoms with Crippen molar-refractivity contribution in [2.75, 3.05) is 20.3 Å². The minimum Gasteiger partial charge on any atom is -0.496 e. The van der Waals surface area contributed by atoms with E-state index in [9.17, 15) is 18.0 Å². The van der Waals surface area contributed by atoms with E-state index in [4.69, 9.17) is 4.74 Å². The third-order valence-electron chi connectivity index (χ3n) is 2.20. The van der Waals surface area contributed by atoms with Crippen molar-refractivity contribution in [1.29, 1.82) is 0 Å². The number of hydrogen-bond donors (Lipinski definition) is 0. The lowest BCUT2D eigenvalue weighted by molar-refractivity contribution is -0.173. The van der Waals surface area contributed by atoms with Gasteiger partial charge in [0.1, 0.15) is 12.4 Å². The molecule has 0 atom stereocenters. The highest BCUT2D eigenvalue weighted by Crippen LogP contribution is 2.24. The summed E-state index contributed by atoms with van der Waals surface area (Å²) in [6.07, 6.45) is -4.51. The van der Waals surface area contributed by atoms with Crippen LogP contribution in [0, 0.1) is 0 Å².